The number of aryl methyl sites for hydroxylation is 1. The number of nitrogens with one attached hydrogen (secondary N) is 1. The summed E-state index contributed by atoms with van der Waals surface area (Å²) in [5, 5.41) is 2.98. The predicted octanol–water partition coefficient (Wildman–Crippen LogP) is 3.57. The van der Waals surface area contributed by atoms with Crippen molar-refractivity contribution in [1.29, 1.82) is 0 Å². The van der Waals surface area contributed by atoms with Crippen molar-refractivity contribution in [3.63, 3.8) is 0 Å². The molecule has 1 N–H and O–H groups in total. The molecule has 0 unspecified atom stereocenters. The van der Waals surface area contributed by atoms with Gasteiger partial charge in [0.25, 0.3) is 0 Å². The highest BCUT2D eigenvalue weighted by molar-refractivity contribution is 9.10. The summed E-state index contributed by atoms with van der Waals surface area (Å²) in [5.41, 5.74) is 2.02. The lowest BCUT2D eigenvalue weighted by Gasteiger charge is -2.32. The van der Waals surface area contributed by atoms with E-state index in [0.29, 0.717) is 12.6 Å². The Bertz CT molecular complexity index is 461. The molecule has 19 heavy (non-hydrogen) atoms. The molecule has 1 aromatic carbocycles. The number of carbonyl (C=O) groups is 1. The van der Waals surface area contributed by atoms with Crippen molar-refractivity contribution < 1.29 is 4.79 Å². The SMILES string of the molecule is Cc1ccc(NC(=O)CN2CCCC[C@@H]2C)c(Br)c1. The van der Waals surface area contributed by atoms with E-state index < -0.39 is 0 Å². The standard InChI is InChI=1S/C15H21BrN2O/c1-11-6-7-14(13(16)9-11)17-15(19)10-18-8-4-3-5-12(18)2/h6-7,9,12H,3-5,8,10H2,1-2H3,(H,17,19)/t12-/m0/s1. The number of anilines is 1. The fraction of sp³-hybridized carbons (Fsp3) is 0.533. The summed E-state index contributed by atoms with van der Waals surface area (Å²) in [5.74, 6) is 0.0679. The summed E-state index contributed by atoms with van der Waals surface area (Å²) in [7, 11) is 0. The smallest absolute Gasteiger partial charge is 0.238 e. The quantitative estimate of drug-likeness (QED) is 0.921. The zero-order valence-electron chi connectivity index (χ0n) is 11.6. The molecular weight excluding hydrogens is 304 g/mol. The number of hydrogen-bond donors (Lipinski definition) is 1. The molecule has 1 aliphatic rings. The topological polar surface area (TPSA) is 32.3 Å². The Morgan fingerprint density at radius 3 is 2.95 bits per heavy atom. The van der Waals surface area contributed by atoms with Gasteiger partial charge in [0.05, 0.1) is 12.2 Å². The fourth-order valence-corrected chi connectivity index (χ4v) is 3.08. The molecule has 1 atom stereocenters. The summed E-state index contributed by atoms with van der Waals surface area (Å²) in [6, 6.07) is 6.47. The second kappa shape index (κ2) is 6.53. The minimum atomic E-state index is 0.0679. The third kappa shape index (κ3) is 4.05. The Morgan fingerprint density at radius 2 is 2.26 bits per heavy atom. The van der Waals surface area contributed by atoms with Crippen LogP contribution >= 0.6 is 15.9 Å². The van der Waals surface area contributed by atoms with Crippen LogP contribution in [-0.2, 0) is 4.79 Å². The molecule has 0 aliphatic carbocycles. The van der Waals surface area contributed by atoms with Gasteiger partial charge in [0.2, 0.25) is 5.91 Å². The van der Waals surface area contributed by atoms with Crippen LogP contribution < -0.4 is 5.32 Å². The molecule has 0 bridgehead atoms. The number of nitrogens with zero attached hydrogens (tertiary/aromatic N) is 1. The number of halogens is 1. The first-order valence-corrected chi connectivity index (χ1v) is 7.65. The lowest BCUT2D eigenvalue weighted by atomic mass is 10.0. The first-order chi connectivity index (χ1) is 9.06. The molecule has 1 saturated heterocycles. The lowest BCUT2D eigenvalue weighted by molar-refractivity contribution is -0.118. The molecule has 1 amide bonds. The molecule has 1 heterocycles. The zero-order valence-corrected chi connectivity index (χ0v) is 13.2. The van der Waals surface area contributed by atoms with Crippen LogP contribution in [0.5, 0.6) is 0 Å². The van der Waals surface area contributed by atoms with Crippen molar-refractivity contribution in [3.05, 3.63) is 28.2 Å². The monoisotopic (exact) mass is 324 g/mol. The van der Waals surface area contributed by atoms with Crippen molar-refractivity contribution in [2.75, 3.05) is 18.4 Å². The number of carbonyl (C=O) groups excluding carboxylic acids is 1. The number of likely N-dealkylation sites (tertiary alicyclic amines) is 1. The maximum Gasteiger partial charge on any atom is 0.238 e. The molecule has 0 radical (unpaired) electrons. The molecule has 1 aromatic rings. The van der Waals surface area contributed by atoms with E-state index in [1.165, 1.54) is 24.8 Å². The lowest BCUT2D eigenvalue weighted by Crippen LogP contribution is -2.42. The second-order valence-corrected chi connectivity index (χ2v) is 6.20. The van der Waals surface area contributed by atoms with E-state index in [1.807, 2.05) is 25.1 Å². The Hall–Kier alpha value is -0.870. The van der Waals surface area contributed by atoms with Crippen LogP contribution in [0.15, 0.2) is 22.7 Å². The number of piperidine rings is 1. The summed E-state index contributed by atoms with van der Waals surface area (Å²) in [4.78, 5) is 14.4. The zero-order chi connectivity index (χ0) is 13.8. The highest BCUT2D eigenvalue weighted by Gasteiger charge is 2.20. The molecule has 1 aliphatic heterocycles. The van der Waals surface area contributed by atoms with E-state index in [9.17, 15) is 4.79 Å². The van der Waals surface area contributed by atoms with E-state index in [-0.39, 0.29) is 5.91 Å². The minimum absolute atomic E-state index is 0.0679. The molecule has 2 rings (SSSR count). The van der Waals surface area contributed by atoms with Crippen LogP contribution in [-0.4, -0.2) is 29.9 Å². The molecule has 3 nitrogen and oxygen atoms in total. The van der Waals surface area contributed by atoms with Gasteiger partial charge >= 0.3 is 0 Å². The molecular formula is C15H21BrN2O. The molecule has 104 valence electrons. The third-order valence-electron chi connectivity index (χ3n) is 3.69. The van der Waals surface area contributed by atoms with Gasteiger partial charge in [-0.05, 0) is 66.9 Å². The fourth-order valence-electron chi connectivity index (χ4n) is 2.49. The average Bonchev–Trinajstić information content (AvgIpc) is 2.36. The van der Waals surface area contributed by atoms with Crippen LogP contribution in [0.4, 0.5) is 5.69 Å². The Morgan fingerprint density at radius 1 is 1.47 bits per heavy atom. The Balaban J connectivity index is 1.93. The van der Waals surface area contributed by atoms with Gasteiger partial charge in [0.15, 0.2) is 0 Å². The summed E-state index contributed by atoms with van der Waals surface area (Å²) in [6.07, 6.45) is 3.68. The predicted molar refractivity (Wildman–Crippen MR) is 82.4 cm³/mol. The van der Waals surface area contributed by atoms with Gasteiger partial charge < -0.3 is 5.32 Å². The minimum Gasteiger partial charge on any atom is -0.324 e. The van der Waals surface area contributed by atoms with Crippen molar-refractivity contribution in [1.82, 2.24) is 4.90 Å². The number of benzene rings is 1. The molecule has 1 fully saturated rings. The van der Waals surface area contributed by atoms with Crippen LogP contribution in [0, 0.1) is 6.92 Å². The maximum absolute atomic E-state index is 12.1. The highest BCUT2D eigenvalue weighted by Crippen LogP contribution is 2.23. The normalized spacial score (nSPS) is 20.3. The molecule has 0 aromatic heterocycles. The van der Waals surface area contributed by atoms with Gasteiger partial charge in [-0.1, -0.05) is 12.5 Å². The van der Waals surface area contributed by atoms with Crippen molar-refractivity contribution in [2.24, 2.45) is 0 Å². The average molecular weight is 325 g/mol. The van der Waals surface area contributed by atoms with Gasteiger partial charge in [0, 0.05) is 10.5 Å². The maximum atomic E-state index is 12.1. The van der Waals surface area contributed by atoms with Gasteiger partial charge in [0.1, 0.15) is 0 Å². The van der Waals surface area contributed by atoms with Gasteiger partial charge in [-0.2, -0.15) is 0 Å². The highest BCUT2D eigenvalue weighted by atomic mass is 79.9. The van der Waals surface area contributed by atoms with E-state index in [1.54, 1.807) is 0 Å². The summed E-state index contributed by atoms with van der Waals surface area (Å²) in [6.45, 7) is 5.76. The van der Waals surface area contributed by atoms with Crippen molar-refractivity contribution in [3.8, 4) is 0 Å². The molecule has 0 spiro atoms. The Kier molecular flexibility index (Phi) is 4.99. The van der Waals surface area contributed by atoms with Crippen LogP contribution in [0.1, 0.15) is 31.7 Å². The first-order valence-electron chi connectivity index (χ1n) is 6.86. The van der Waals surface area contributed by atoms with E-state index in [2.05, 4.69) is 33.1 Å². The van der Waals surface area contributed by atoms with Gasteiger partial charge in [-0.3, -0.25) is 9.69 Å². The molecule has 0 saturated carbocycles. The van der Waals surface area contributed by atoms with Gasteiger partial charge in [-0.15, -0.1) is 0 Å². The number of rotatable bonds is 3. The third-order valence-corrected chi connectivity index (χ3v) is 4.34. The van der Waals surface area contributed by atoms with Crippen molar-refractivity contribution in [2.45, 2.75) is 39.2 Å². The summed E-state index contributed by atoms with van der Waals surface area (Å²) < 4.78 is 0.938. The largest absolute Gasteiger partial charge is 0.324 e. The van der Waals surface area contributed by atoms with Crippen LogP contribution in [0.3, 0.4) is 0 Å². The van der Waals surface area contributed by atoms with Gasteiger partial charge in [-0.25, -0.2) is 0 Å². The van der Waals surface area contributed by atoms with E-state index in [0.717, 1.165) is 16.7 Å². The number of hydrogen-bond acceptors (Lipinski definition) is 2. The van der Waals surface area contributed by atoms with Crippen molar-refractivity contribution >= 4 is 27.5 Å². The second-order valence-electron chi connectivity index (χ2n) is 5.35. The number of amides is 1. The van der Waals surface area contributed by atoms with E-state index in [4.69, 9.17) is 0 Å². The van der Waals surface area contributed by atoms with Crippen LogP contribution in [0.25, 0.3) is 0 Å². The summed E-state index contributed by atoms with van der Waals surface area (Å²) >= 11 is 3.48. The van der Waals surface area contributed by atoms with Crippen LogP contribution in [0.2, 0.25) is 0 Å². The molecule has 4 heteroatoms. The van der Waals surface area contributed by atoms with E-state index >= 15 is 0 Å². The first kappa shape index (κ1) is 14.5. The Labute approximate surface area is 123 Å².